The quantitative estimate of drug-likeness (QED) is 0.769. The summed E-state index contributed by atoms with van der Waals surface area (Å²) >= 11 is 0. The molecular formula is C21H29FN4O. The van der Waals surface area contributed by atoms with Crippen LogP contribution in [0.1, 0.15) is 51.1 Å². The van der Waals surface area contributed by atoms with Crippen LogP contribution in [0.2, 0.25) is 0 Å². The molecule has 1 fully saturated rings. The molecule has 0 saturated carbocycles. The molecule has 146 valence electrons. The Morgan fingerprint density at radius 3 is 2.70 bits per heavy atom. The standard InChI is InChI=1S/C21H29FN4O/c1-4-6-18(5-2)23-12-15-11-20(27)25(3)21(15)16-13-24-26(14-16)19-9-7-17(22)8-10-19/h7-10,13-15,18,21,23H,4-6,11-12H2,1-3H3/t15-,18+,21+/m0/s1. The molecule has 2 aromatic rings. The van der Waals surface area contributed by atoms with Gasteiger partial charge in [0.05, 0.1) is 17.9 Å². The van der Waals surface area contributed by atoms with Crippen LogP contribution in [0.15, 0.2) is 36.7 Å². The van der Waals surface area contributed by atoms with E-state index in [1.807, 2.05) is 24.3 Å². The Kier molecular flexibility index (Phi) is 6.26. The van der Waals surface area contributed by atoms with Crippen molar-refractivity contribution in [3.05, 3.63) is 48.0 Å². The molecule has 1 aliphatic rings. The Morgan fingerprint density at radius 1 is 1.30 bits per heavy atom. The Bertz CT molecular complexity index is 758. The molecule has 0 radical (unpaired) electrons. The largest absolute Gasteiger partial charge is 0.338 e. The molecule has 0 bridgehead atoms. The SMILES string of the molecule is CCC[C@@H](CC)NC[C@@H]1CC(=O)N(C)[C@H]1c1cnn(-c2ccc(F)cc2)c1. The summed E-state index contributed by atoms with van der Waals surface area (Å²) in [7, 11) is 1.87. The Labute approximate surface area is 160 Å². The molecular weight excluding hydrogens is 343 g/mol. The average molecular weight is 372 g/mol. The second-order valence-corrected chi connectivity index (χ2v) is 7.41. The van der Waals surface area contributed by atoms with Gasteiger partial charge in [-0.25, -0.2) is 9.07 Å². The van der Waals surface area contributed by atoms with Crippen molar-refractivity contribution >= 4 is 5.91 Å². The van der Waals surface area contributed by atoms with E-state index in [9.17, 15) is 9.18 Å². The van der Waals surface area contributed by atoms with Crippen molar-refractivity contribution in [3.63, 3.8) is 0 Å². The van der Waals surface area contributed by atoms with Gasteiger partial charge in [0.15, 0.2) is 0 Å². The summed E-state index contributed by atoms with van der Waals surface area (Å²) in [6.07, 6.45) is 7.72. The molecule has 0 unspecified atom stereocenters. The van der Waals surface area contributed by atoms with E-state index in [0.29, 0.717) is 12.5 Å². The van der Waals surface area contributed by atoms with Crippen molar-refractivity contribution in [1.82, 2.24) is 20.0 Å². The normalized spacial score (nSPS) is 21.0. The number of benzene rings is 1. The topological polar surface area (TPSA) is 50.2 Å². The lowest BCUT2D eigenvalue weighted by Crippen LogP contribution is -2.35. The van der Waals surface area contributed by atoms with Gasteiger partial charge >= 0.3 is 0 Å². The Morgan fingerprint density at radius 2 is 2.04 bits per heavy atom. The van der Waals surface area contributed by atoms with Gasteiger partial charge < -0.3 is 10.2 Å². The molecule has 0 aliphatic carbocycles. The summed E-state index contributed by atoms with van der Waals surface area (Å²) in [5.74, 6) is 0.125. The number of carbonyl (C=O) groups is 1. The highest BCUT2D eigenvalue weighted by Crippen LogP contribution is 2.36. The number of amides is 1. The molecule has 5 nitrogen and oxygen atoms in total. The zero-order valence-corrected chi connectivity index (χ0v) is 16.4. The van der Waals surface area contributed by atoms with Gasteiger partial charge in [0.1, 0.15) is 5.82 Å². The molecule has 3 atom stereocenters. The Hall–Kier alpha value is -2.21. The maximum atomic E-state index is 13.2. The van der Waals surface area contributed by atoms with Gasteiger partial charge in [-0.05, 0) is 37.1 Å². The van der Waals surface area contributed by atoms with Gasteiger partial charge in [0, 0.05) is 43.7 Å². The molecule has 1 aliphatic heterocycles. The summed E-state index contributed by atoms with van der Waals surface area (Å²) in [5.41, 5.74) is 1.82. The molecule has 27 heavy (non-hydrogen) atoms. The lowest BCUT2D eigenvalue weighted by atomic mass is 9.95. The molecule has 1 amide bonds. The molecule has 6 heteroatoms. The minimum atomic E-state index is -0.268. The van der Waals surface area contributed by atoms with Crippen LogP contribution in [-0.4, -0.2) is 40.2 Å². The van der Waals surface area contributed by atoms with Gasteiger partial charge in [-0.3, -0.25) is 4.79 Å². The number of halogens is 1. The van der Waals surface area contributed by atoms with Crippen LogP contribution >= 0.6 is 0 Å². The van der Waals surface area contributed by atoms with Crippen molar-refractivity contribution in [2.45, 2.75) is 51.6 Å². The van der Waals surface area contributed by atoms with Crippen molar-refractivity contribution in [2.24, 2.45) is 5.92 Å². The molecule has 3 rings (SSSR count). The van der Waals surface area contributed by atoms with Gasteiger partial charge in [0.25, 0.3) is 0 Å². The predicted octanol–water partition coefficient (Wildman–Crippen LogP) is 3.70. The number of aromatic nitrogens is 2. The number of nitrogens with one attached hydrogen (secondary N) is 1. The van der Waals surface area contributed by atoms with Crippen molar-refractivity contribution in [1.29, 1.82) is 0 Å². The van der Waals surface area contributed by atoms with Crippen LogP contribution in [0, 0.1) is 11.7 Å². The monoisotopic (exact) mass is 372 g/mol. The molecule has 1 aromatic carbocycles. The van der Waals surface area contributed by atoms with Crippen molar-refractivity contribution in [3.8, 4) is 5.69 Å². The second-order valence-electron chi connectivity index (χ2n) is 7.41. The number of rotatable bonds is 8. The molecule has 1 saturated heterocycles. The number of nitrogens with zero attached hydrogens (tertiary/aromatic N) is 3. The fourth-order valence-corrected chi connectivity index (χ4v) is 3.97. The van der Waals surface area contributed by atoms with Gasteiger partial charge in [0.2, 0.25) is 5.91 Å². The first-order valence-corrected chi connectivity index (χ1v) is 9.83. The molecule has 0 spiro atoms. The third-order valence-corrected chi connectivity index (χ3v) is 5.53. The summed E-state index contributed by atoms with van der Waals surface area (Å²) in [5, 5.41) is 8.08. The van der Waals surface area contributed by atoms with Crippen LogP contribution in [-0.2, 0) is 4.79 Å². The number of hydrogen-bond donors (Lipinski definition) is 1. The van der Waals surface area contributed by atoms with Gasteiger partial charge in [-0.2, -0.15) is 5.10 Å². The van der Waals surface area contributed by atoms with Crippen molar-refractivity contribution in [2.75, 3.05) is 13.6 Å². The second kappa shape index (κ2) is 8.65. The fraction of sp³-hybridized carbons (Fsp3) is 0.524. The van der Waals surface area contributed by atoms with Crippen LogP contribution in [0.5, 0.6) is 0 Å². The van der Waals surface area contributed by atoms with E-state index >= 15 is 0 Å². The number of carbonyl (C=O) groups excluding carboxylic acids is 1. The average Bonchev–Trinajstić information content (AvgIpc) is 3.24. The van der Waals surface area contributed by atoms with E-state index in [0.717, 1.165) is 37.1 Å². The molecule has 1 aromatic heterocycles. The number of hydrogen-bond acceptors (Lipinski definition) is 3. The summed E-state index contributed by atoms with van der Waals surface area (Å²) in [6.45, 7) is 5.22. The highest BCUT2D eigenvalue weighted by atomic mass is 19.1. The number of likely N-dealkylation sites (tertiary alicyclic amines) is 1. The van der Waals surface area contributed by atoms with Crippen molar-refractivity contribution < 1.29 is 9.18 Å². The van der Waals surface area contributed by atoms with E-state index in [1.54, 1.807) is 16.8 Å². The highest BCUT2D eigenvalue weighted by Gasteiger charge is 2.39. The third-order valence-electron chi connectivity index (χ3n) is 5.53. The minimum Gasteiger partial charge on any atom is -0.338 e. The lowest BCUT2D eigenvalue weighted by molar-refractivity contribution is -0.127. The maximum Gasteiger partial charge on any atom is 0.223 e. The maximum absolute atomic E-state index is 13.2. The zero-order valence-electron chi connectivity index (χ0n) is 16.4. The van der Waals surface area contributed by atoms with E-state index in [-0.39, 0.29) is 23.7 Å². The smallest absolute Gasteiger partial charge is 0.223 e. The minimum absolute atomic E-state index is 0.0123. The highest BCUT2D eigenvalue weighted by molar-refractivity contribution is 5.79. The summed E-state index contributed by atoms with van der Waals surface area (Å²) in [6, 6.07) is 6.76. The third kappa shape index (κ3) is 4.38. The van der Waals surface area contributed by atoms with Gasteiger partial charge in [-0.15, -0.1) is 0 Å². The van der Waals surface area contributed by atoms with Gasteiger partial charge in [-0.1, -0.05) is 20.3 Å². The molecule has 1 N–H and O–H groups in total. The van der Waals surface area contributed by atoms with Crippen LogP contribution in [0.25, 0.3) is 5.69 Å². The zero-order chi connectivity index (χ0) is 19.4. The molecule has 2 heterocycles. The van der Waals surface area contributed by atoms with E-state index in [2.05, 4.69) is 24.3 Å². The first kappa shape index (κ1) is 19.5. The lowest BCUT2D eigenvalue weighted by Gasteiger charge is -2.26. The summed E-state index contributed by atoms with van der Waals surface area (Å²) < 4.78 is 14.9. The van der Waals surface area contributed by atoms with E-state index in [1.165, 1.54) is 12.1 Å². The Balaban J connectivity index is 1.76. The van der Waals surface area contributed by atoms with Crippen LogP contribution < -0.4 is 5.32 Å². The van der Waals surface area contributed by atoms with E-state index in [4.69, 9.17) is 0 Å². The first-order valence-electron chi connectivity index (χ1n) is 9.83. The summed E-state index contributed by atoms with van der Waals surface area (Å²) in [4.78, 5) is 14.2. The fourth-order valence-electron chi connectivity index (χ4n) is 3.97. The predicted molar refractivity (Wildman–Crippen MR) is 104 cm³/mol. The van der Waals surface area contributed by atoms with Crippen LogP contribution in [0.4, 0.5) is 4.39 Å². The first-order chi connectivity index (χ1) is 13.0. The van der Waals surface area contributed by atoms with Crippen LogP contribution in [0.3, 0.4) is 0 Å². The van der Waals surface area contributed by atoms with E-state index < -0.39 is 0 Å².